The summed E-state index contributed by atoms with van der Waals surface area (Å²) in [6, 6.07) is 13.0. The van der Waals surface area contributed by atoms with E-state index in [1.165, 1.54) is 11.3 Å². The lowest BCUT2D eigenvalue weighted by atomic mass is 10.2. The Bertz CT molecular complexity index is 1080. The van der Waals surface area contributed by atoms with E-state index in [1.807, 2.05) is 54.8 Å². The van der Waals surface area contributed by atoms with Crippen LogP contribution < -0.4 is 5.32 Å². The topological polar surface area (TPSA) is 81.4 Å². The Morgan fingerprint density at radius 3 is 2.86 bits per heavy atom. The third-order valence-electron chi connectivity index (χ3n) is 4.03. The molecule has 1 atom stereocenters. The van der Waals surface area contributed by atoms with Crippen molar-refractivity contribution in [2.75, 3.05) is 6.61 Å². The fraction of sp³-hybridized carbons (Fsp3) is 0.150. The SMILES string of the molecule is C[C@@H](NC(=O)COC(=O)c1csc(-c2cccs2)n1)c1cc2ccccc2o1. The van der Waals surface area contributed by atoms with Gasteiger partial charge in [0.05, 0.1) is 10.9 Å². The van der Waals surface area contributed by atoms with Crippen molar-refractivity contribution in [1.82, 2.24) is 10.3 Å². The van der Waals surface area contributed by atoms with Crippen LogP contribution in [0.25, 0.3) is 20.9 Å². The van der Waals surface area contributed by atoms with E-state index in [1.54, 1.807) is 16.7 Å². The van der Waals surface area contributed by atoms with Gasteiger partial charge in [-0.15, -0.1) is 22.7 Å². The summed E-state index contributed by atoms with van der Waals surface area (Å²) in [6.45, 7) is 1.43. The number of para-hydroxylation sites is 1. The molecule has 1 aromatic carbocycles. The van der Waals surface area contributed by atoms with Gasteiger partial charge in [-0.2, -0.15) is 0 Å². The molecule has 0 saturated carbocycles. The number of aromatic nitrogens is 1. The van der Waals surface area contributed by atoms with Crippen LogP contribution in [0.3, 0.4) is 0 Å². The van der Waals surface area contributed by atoms with Gasteiger partial charge in [0.2, 0.25) is 0 Å². The van der Waals surface area contributed by atoms with Gasteiger partial charge in [-0.3, -0.25) is 4.79 Å². The lowest BCUT2D eigenvalue weighted by Gasteiger charge is -2.11. The number of nitrogens with zero attached hydrogens (tertiary/aromatic N) is 1. The second kappa shape index (κ2) is 7.95. The molecule has 28 heavy (non-hydrogen) atoms. The highest BCUT2D eigenvalue weighted by Gasteiger charge is 2.18. The van der Waals surface area contributed by atoms with Gasteiger partial charge in [0.15, 0.2) is 12.3 Å². The standard InChI is InChI=1S/C20H16N2O4S2/c1-12(16-9-13-5-2-3-6-15(13)26-16)21-18(23)10-25-20(24)14-11-28-19(22-14)17-7-4-8-27-17/h2-9,11-12H,10H2,1H3,(H,21,23)/t12-/m1/s1. The van der Waals surface area contributed by atoms with Gasteiger partial charge in [-0.1, -0.05) is 24.3 Å². The van der Waals surface area contributed by atoms with Gasteiger partial charge in [-0.25, -0.2) is 9.78 Å². The minimum atomic E-state index is -0.620. The molecule has 0 aliphatic carbocycles. The van der Waals surface area contributed by atoms with Crippen molar-refractivity contribution in [3.63, 3.8) is 0 Å². The smallest absolute Gasteiger partial charge is 0.358 e. The molecule has 8 heteroatoms. The van der Waals surface area contributed by atoms with Crippen LogP contribution in [0.2, 0.25) is 0 Å². The van der Waals surface area contributed by atoms with E-state index < -0.39 is 11.9 Å². The molecular formula is C20H16N2O4S2. The van der Waals surface area contributed by atoms with Gasteiger partial charge < -0.3 is 14.5 Å². The zero-order valence-electron chi connectivity index (χ0n) is 14.9. The molecule has 1 N–H and O–H groups in total. The van der Waals surface area contributed by atoms with Crippen LogP contribution in [0.15, 0.2) is 57.6 Å². The maximum Gasteiger partial charge on any atom is 0.358 e. The second-order valence-corrected chi connectivity index (χ2v) is 7.87. The highest BCUT2D eigenvalue weighted by molar-refractivity contribution is 7.20. The van der Waals surface area contributed by atoms with Crippen molar-refractivity contribution < 1.29 is 18.7 Å². The zero-order valence-corrected chi connectivity index (χ0v) is 16.5. The molecular weight excluding hydrogens is 396 g/mol. The number of carbonyl (C=O) groups excluding carboxylic acids is 2. The van der Waals surface area contributed by atoms with E-state index in [9.17, 15) is 9.59 Å². The van der Waals surface area contributed by atoms with E-state index in [0.29, 0.717) is 5.76 Å². The number of fused-ring (bicyclic) bond motifs is 1. The van der Waals surface area contributed by atoms with E-state index in [4.69, 9.17) is 9.15 Å². The third-order valence-corrected chi connectivity index (χ3v) is 5.91. The predicted octanol–water partition coefficient (Wildman–Crippen LogP) is 4.65. The van der Waals surface area contributed by atoms with Crippen molar-refractivity contribution in [2.24, 2.45) is 0 Å². The molecule has 4 aromatic rings. The van der Waals surface area contributed by atoms with E-state index in [0.717, 1.165) is 20.9 Å². The van der Waals surface area contributed by atoms with Crippen LogP contribution in [-0.2, 0) is 9.53 Å². The summed E-state index contributed by atoms with van der Waals surface area (Å²) in [5, 5.41) is 8.07. The van der Waals surface area contributed by atoms with Crippen molar-refractivity contribution >= 4 is 45.5 Å². The van der Waals surface area contributed by atoms with E-state index in [2.05, 4.69) is 10.3 Å². The molecule has 1 amide bonds. The summed E-state index contributed by atoms with van der Waals surface area (Å²) >= 11 is 2.91. The van der Waals surface area contributed by atoms with Crippen molar-refractivity contribution in [2.45, 2.75) is 13.0 Å². The average Bonchev–Trinajstić information content (AvgIpc) is 3.45. The second-order valence-electron chi connectivity index (χ2n) is 6.07. The molecule has 3 aromatic heterocycles. The Kier molecular flexibility index (Phi) is 5.23. The number of benzene rings is 1. The average molecular weight is 412 g/mol. The number of esters is 1. The first-order valence-corrected chi connectivity index (χ1v) is 10.3. The number of thiazole rings is 1. The van der Waals surface area contributed by atoms with Crippen molar-refractivity contribution in [3.8, 4) is 9.88 Å². The molecule has 0 radical (unpaired) electrons. The molecule has 6 nitrogen and oxygen atoms in total. The van der Waals surface area contributed by atoms with Crippen LogP contribution in [-0.4, -0.2) is 23.5 Å². The summed E-state index contributed by atoms with van der Waals surface area (Å²) in [5.74, 6) is -0.387. The van der Waals surface area contributed by atoms with Gasteiger partial charge >= 0.3 is 5.97 Å². The van der Waals surface area contributed by atoms with E-state index in [-0.39, 0.29) is 18.3 Å². The van der Waals surface area contributed by atoms with E-state index >= 15 is 0 Å². The summed E-state index contributed by atoms with van der Waals surface area (Å²) in [4.78, 5) is 29.5. The normalized spacial score (nSPS) is 12.0. The van der Waals surface area contributed by atoms with Crippen LogP contribution in [0.4, 0.5) is 0 Å². The first-order valence-electron chi connectivity index (χ1n) is 8.54. The number of rotatable bonds is 6. The van der Waals surface area contributed by atoms with Gasteiger partial charge in [0.25, 0.3) is 5.91 Å². The van der Waals surface area contributed by atoms with Crippen LogP contribution in [0.1, 0.15) is 29.2 Å². The lowest BCUT2D eigenvalue weighted by molar-refractivity contribution is -0.125. The van der Waals surface area contributed by atoms with Gasteiger partial charge in [0, 0.05) is 10.8 Å². The van der Waals surface area contributed by atoms with Crippen LogP contribution in [0.5, 0.6) is 0 Å². The number of amides is 1. The molecule has 0 spiro atoms. The van der Waals surface area contributed by atoms with Gasteiger partial charge in [-0.05, 0) is 30.5 Å². The number of hydrogen-bond donors (Lipinski definition) is 1. The van der Waals surface area contributed by atoms with Crippen LogP contribution >= 0.6 is 22.7 Å². The Hall–Kier alpha value is -2.97. The Morgan fingerprint density at radius 1 is 1.21 bits per heavy atom. The first kappa shape index (κ1) is 18.4. The summed E-state index contributed by atoms with van der Waals surface area (Å²) in [5.41, 5.74) is 0.960. The number of hydrogen-bond acceptors (Lipinski definition) is 7. The van der Waals surface area contributed by atoms with Crippen LogP contribution in [0, 0.1) is 0 Å². The summed E-state index contributed by atoms with van der Waals surface area (Å²) in [6.07, 6.45) is 0. The number of ether oxygens (including phenoxy) is 1. The molecule has 142 valence electrons. The number of carbonyl (C=O) groups is 2. The minimum Gasteiger partial charge on any atom is -0.459 e. The molecule has 0 unspecified atom stereocenters. The quantitative estimate of drug-likeness (QED) is 0.466. The lowest BCUT2D eigenvalue weighted by Crippen LogP contribution is -2.31. The highest BCUT2D eigenvalue weighted by Crippen LogP contribution is 2.28. The Labute approximate surface area is 168 Å². The molecule has 0 bridgehead atoms. The maximum atomic E-state index is 12.1. The number of nitrogens with one attached hydrogen (secondary N) is 1. The predicted molar refractivity (Wildman–Crippen MR) is 108 cm³/mol. The Balaban J connectivity index is 1.32. The fourth-order valence-corrected chi connectivity index (χ4v) is 4.26. The number of thiophene rings is 1. The zero-order chi connectivity index (χ0) is 19.5. The molecule has 0 aliphatic heterocycles. The highest BCUT2D eigenvalue weighted by atomic mass is 32.1. The molecule has 0 saturated heterocycles. The van der Waals surface area contributed by atoms with Gasteiger partial charge in [0.1, 0.15) is 16.4 Å². The molecule has 3 heterocycles. The minimum absolute atomic E-state index is 0.200. The summed E-state index contributed by atoms with van der Waals surface area (Å²) < 4.78 is 10.8. The molecule has 4 rings (SSSR count). The first-order chi connectivity index (χ1) is 13.6. The fourth-order valence-electron chi connectivity index (χ4n) is 2.66. The number of furan rings is 1. The third kappa shape index (κ3) is 3.97. The van der Waals surface area contributed by atoms with Crippen molar-refractivity contribution in [1.29, 1.82) is 0 Å². The molecule has 0 aliphatic rings. The Morgan fingerprint density at radius 2 is 2.07 bits per heavy atom. The van der Waals surface area contributed by atoms with Crippen molar-refractivity contribution in [3.05, 3.63) is 64.7 Å². The molecule has 0 fully saturated rings. The summed E-state index contributed by atoms with van der Waals surface area (Å²) in [7, 11) is 0. The monoisotopic (exact) mass is 412 g/mol. The largest absolute Gasteiger partial charge is 0.459 e. The maximum absolute atomic E-state index is 12.1.